The maximum Gasteiger partial charge on any atom is 0.220 e. The van der Waals surface area contributed by atoms with E-state index < -0.39 is 0 Å². The zero-order chi connectivity index (χ0) is 15.0. The van der Waals surface area contributed by atoms with Gasteiger partial charge in [0.2, 0.25) is 5.91 Å². The normalized spacial score (nSPS) is 21.2. The van der Waals surface area contributed by atoms with Gasteiger partial charge in [0.05, 0.1) is 0 Å². The molecule has 20 heavy (non-hydrogen) atoms. The topological polar surface area (TPSA) is 44.4 Å². The summed E-state index contributed by atoms with van der Waals surface area (Å²) in [5.41, 5.74) is 0. The van der Waals surface area contributed by atoms with Crippen molar-refractivity contribution >= 4 is 5.91 Å². The van der Waals surface area contributed by atoms with E-state index in [-0.39, 0.29) is 5.91 Å². The molecule has 0 aromatic heterocycles. The molecule has 0 aromatic rings. The molecule has 1 saturated heterocycles. The fourth-order valence-electron chi connectivity index (χ4n) is 3.25. The van der Waals surface area contributed by atoms with Gasteiger partial charge in [0.1, 0.15) is 0 Å². The van der Waals surface area contributed by atoms with E-state index in [0.29, 0.717) is 24.3 Å². The number of hydrogen-bond acceptors (Lipinski definition) is 3. The van der Waals surface area contributed by atoms with E-state index in [1.807, 2.05) is 0 Å². The molecular weight excluding hydrogens is 250 g/mol. The van der Waals surface area contributed by atoms with Crippen LogP contribution in [0.4, 0.5) is 0 Å². The van der Waals surface area contributed by atoms with Gasteiger partial charge in [-0.1, -0.05) is 26.7 Å². The van der Waals surface area contributed by atoms with Gasteiger partial charge in [0.25, 0.3) is 0 Å². The standard InChI is InChI=1S/C16H33N3O/c1-5-14(6-2)15(19(3)4)12-18-16(20)10-13-8-7-9-17-11-13/h13-15,17H,5-12H2,1-4H3,(H,18,20). The van der Waals surface area contributed by atoms with E-state index in [0.717, 1.165) is 19.6 Å². The van der Waals surface area contributed by atoms with Gasteiger partial charge in [-0.25, -0.2) is 0 Å². The highest BCUT2D eigenvalue weighted by atomic mass is 16.1. The van der Waals surface area contributed by atoms with Crippen LogP contribution in [-0.2, 0) is 4.79 Å². The molecule has 2 atom stereocenters. The van der Waals surface area contributed by atoms with E-state index in [9.17, 15) is 4.79 Å². The molecule has 1 aliphatic heterocycles. The Morgan fingerprint density at radius 3 is 2.55 bits per heavy atom. The first-order chi connectivity index (χ1) is 9.58. The van der Waals surface area contributed by atoms with Crippen molar-refractivity contribution < 1.29 is 4.79 Å². The number of likely N-dealkylation sites (N-methyl/N-ethyl adjacent to an activating group) is 1. The minimum absolute atomic E-state index is 0.219. The summed E-state index contributed by atoms with van der Waals surface area (Å²) in [6.45, 7) is 7.35. The third kappa shape index (κ3) is 5.80. The van der Waals surface area contributed by atoms with E-state index in [4.69, 9.17) is 0 Å². The third-order valence-corrected chi connectivity index (χ3v) is 4.64. The second kappa shape index (κ2) is 9.35. The minimum Gasteiger partial charge on any atom is -0.355 e. The van der Waals surface area contributed by atoms with Crippen LogP contribution in [0.1, 0.15) is 46.0 Å². The second-order valence-corrected chi connectivity index (χ2v) is 6.33. The average Bonchev–Trinajstić information content (AvgIpc) is 2.44. The predicted octanol–water partition coefficient (Wildman–Crippen LogP) is 1.86. The molecule has 1 rings (SSSR count). The lowest BCUT2D eigenvalue weighted by molar-refractivity contribution is -0.122. The summed E-state index contributed by atoms with van der Waals surface area (Å²) in [5.74, 6) is 1.40. The van der Waals surface area contributed by atoms with Crippen LogP contribution in [0.15, 0.2) is 0 Å². The van der Waals surface area contributed by atoms with Gasteiger partial charge in [0, 0.05) is 19.0 Å². The lowest BCUT2D eigenvalue weighted by Gasteiger charge is -2.31. The largest absolute Gasteiger partial charge is 0.355 e. The van der Waals surface area contributed by atoms with Crippen LogP contribution >= 0.6 is 0 Å². The first kappa shape index (κ1) is 17.4. The van der Waals surface area contributed by atoms with E-state index in [1.54, 1.807) is 0 Å². The summed E-state index contributed by atoms with van der Waals surface area (Å²) < 4.78 is 0. The van der Waals surface area contributed by atoms with E-state index in [2.05, 4.69) is 43.5 Å². The van der Waals surface area contributed by atoms with Crippen molar-refractivity contribution in [2.75, 3.05) is 33.7 Å². The first-order valence-corrected chi connectivity index (χ1v) is 8.22. The van der Waals surface area contributed by atoms with Gasteiger partial charge in [0.15, 0.2) is 0 Å². The highest BCUT2D eigenvalue weighted by molar-refractivity contribution is 5.76. The minimum atomic E-state index is 0.219. The Morgan fingerprint density at radius 2 is 2.05 bits per heavy atom. The lowest BCUT2D eigenvalue weighted by Crippen LogP contribution is -2.45. The molecule has 4 nitrogen and oxygen atoms in total. The number of nitrogens with zero attached hydrogens (tertiary/aromatic N) is 1. The van der Waals surface area contributed by atoms with Crippen LogP contribution in [0.2, 0.25) is 0 Å². The van der Waals surface area contributed by atoms with Crippen LogP contribution in [0.5, 0.6) is 0 Å². The molecule has 0 bridgehead atoms. The number of carbonyl (C=O) groups is 1. The Kier molecular flexibility index (Phi) is 8.15. The highest BCUT2D eigenvalue weighted by Crippen LogP contribution is 2.17. The van der Waals surface area contributed by atoms with Crippen molar-refractivity contribution in [3.63, 3.8) is 0 Å². The summed E-state index contributed by atoms with van der Waals surface area (Å²) in [4.78, 5) is 14.3. The number of carbonyl (C=O) groups excluding carboxylic acids is 1. The maximum atomic E-state index is 12.1. The van der Waals surface area contributed by atoms with Crippen LogP contribution in [-0.4, -0.2) is 50.6 Å². The first-order valence-electron chi connectivity index (χ1n) is 8.22. The Balaban J connectivity index is 2.36. The molecule has 2 unspecified atom stereocenters. The molecule has 2 N–H and O–H groups in total. The van der Waals surface area contributed by atoms with Crippen molar-refractivity contribution in [3.8, 4) is 0 Å². The summed E-state index contributed by atoms with van der Waals surface area (Å²) in [7, 11) is 4.22. The molecule has 0 aromatic carbocycles. The van der Waals surface area contributed by atoms with E-state index in [1.165, 1.54) is 25.7 Å². The van der Waals surface area contributed by atoms with Crippen molar-refractivity contribution in [1.82, 2.24) is 15.5 Å². The zero-order valence-electron chi connectivity index (χ0n) is 13.7. The number of amides is 1. The van der Waals surface area contributed by atoms with E-state index >= 15 is 0 Å². The summed E-state index contributed by atoms with van der Waals surface area (Å²) in [5, 5.41) is 6.52. The average molecular weight is 283 g/mol. The van der Waals surface area contributed by atoms with Gasteiger partial charge >= 0.3 is 0 Å². The molecule has 1 heterocycles. The molecule has 1 amide bonds. The van der Waals surface area contributed by atoms with Gasteiger partial charge < -0.3 is 15.5 Å². The third-order valence-electron chi connectivity index (χ3n) is 4.64. The molecule has 118 valence electrons. The van der Waals surface area contributed by atoms with Gasteiger partial charge in [-0.3, -0.25) is 4.79 Å². The van der Waals surface area contributed by atoms with Gasteiger partial charge in [-0.05, 0) is 51.9 Å². The quantitative estimate of drug-likeness (QED) is 0.714. The molecule has 1 aliphatic rings. The highest BCUT2D eigenvalue weighted by Gasteiger charge is 2.22. The summed E-state index contributed by atoms with van der Waals surface area (Å²) in [6, 6.07) is 0.443. The smallest absolute Gasteiger partial charge is 0.220 e. The molecule has 0 aliphatic carbocycles. The number of nitrogens with one attached hydrogen (secondary N) is 2. The second-order valence-electron chi connectivity index (χ2n) is 6.33. The molecule has 0 radical (unpaired) electrons. The van der Waals surface area contributed by atoms with Crippen molar-refractivity contribution in [3.05, 3.63) is 0 Å². The molecule has 0 saturated carbocycles. The Morgan fingerprint density at radius 1 is 1.35 bits per heavy atom. The summed E-state index contributed by atoms with van der Waals surface area (Å²) in [6.07, 6.45) is 5.40. The molecular formula is C16H33N3O. The molecule has 1 fully saturated rings. The SMILES string of the molecule is CCC(CC)C(CNC(=O)CC1CCCNC1)N(C)C. The van der Waals surface area contributed by atoms with Crippen LogP contribution in [0.25, 0.3) is 0 Å². The lowest BCUT2D eigenvalue weighted by atomic mass is 9.92. The Labute approximate surface area is 124 Å². The van der Waals surface area contributed by atoms with Crippen molar-refractivity contribution in [1.29, 1.82) is 0 Å². The van der Waals surface area contributed by atoms with Crippen molar-refractivity contribution in [2.24, 2.45) is 11.8 Å². The number of hydrogen-bond donors (Lipinski definition) is 2. The van der Waals surface area contributed by atoms with Crippen LogP contribution in [0.3, 0.4) is 0 Å². The Hall–Kier alpha value is -0.610. The van der Waals surface area contributed by atoms with Crippen LogP contribution < -0.4 is 10.6 Å². The van der Waals surface area contributed by atoms with Crippen LogP contribution in [0, 0.1) is 11.8 Å². The monoisotopic (exact) mass is 283 g/mol. The molecule has 4 heteroatoms. The summed E-state index contributed by atoms with van der Waals surface area (Å²) >= 11 is 0. The molecule has 0 spiro atoms. The predicted molar refractivity (Wildman–Crippen MR) is 84.8 cm³/mol. The van der Waals surface area contributed by atoms with Crippen molar-refractivity contribution in [2.45, 2.75) is 52.0 Å². The van der Waals surface area contributed by atoms with Gasteiger partial charge in [-0.15, -0.1) is 0 Å². The maximum absolute atomic E-state index is 12.1. The Bertz CT molecular complexity index is 271. The number of piperidine rings is 1. The fourth-order valence-corrected chi connectivity index (χ4v) is 3.25. The zero-order valence-corrected chi connectivity index (χ0v) is 13.7. The van der Waals surface area contributed by atoms with Gasteiger partial charge in [-0.2, -0.15) is 0 Å². The number of rotatable bonds is 8. The fraction of sp³-hybridized carbons (Fsp3) is 0.938.